The van der Waals surface area contributed by atoms with Gasteiger partial charge in [0.05, 0.1) is 4.11 Å². The van der Waals surface area contributed by atoms with E-state index in [1.54, 1.807) is 0 Å². The highest BCUT2D eigenvalue weighted by atomic mass is 16.3. The normalized spacial score (nSPS) is 12.5. The number of para-hydroxylation sites is 1. The molecule has 1 nitrogen and oxygen atoms in total. The molecule has 1 aromatic heterocycles. The molecule has 0 N–H and O–H groups in total. The summed E-state index contributed by atoms with van der Waals surface area (Å²) in [4.78, 5) is 0. The van der Waals surface area contributed by atoms with Crippen molar-refractivity contribution in [2.45, 2.75) is 0 Å². The third-order valence-corrected chi connectivity index (χ3v) is 9.86. The van der Waals surface area contributed by atoms with Gasteiger partial charge in [0.2, 0.25) is 0 Å². The van der Waals surface area contributed by atoms with Gasteiger partial charge < -0.3 is 4.42 Å². The Morgan fingerprint density at radius 3 is 1.63 bits per heavy atom. The lowest BCUT2D eigenvalue weighted by atomic mass is 9.83. The molecule has 0 aliphatic rings. The van der Waals surface area contributed by atoms with Gasteiger partial charge in [-0.25, -0.2) is 0 Å². The Hall–Kier alpha value is -6.44. The van der Waals surface area contributed by atoms with Gasteiger partial charge in [-0.3, -0.25) is 0 Å². The predicted octanol–water partition coefficient (Wildman–Crippen LogP) is 13.7. The van der Waals surface area contributed by atoms with Crippen LogP contribution in [0.2, 0.25) is 0 Å². The van der Waals surface area contributed by atoms with Crippen molar-refractivity contribution in [3.8, 4) is 44.5 Å². The minimum Gasteiger partial charge on any atom is -0.455 e. The molecular weight excluding hydrogens is 593 g/mol. The van der Waals surface area contributed by atoms with Crippen molar-refractivity contribution in [3.63, 3.8) is 0 Å². The van der Waals surface area contributed by atoms with Crippen molar-refractivity contribution >= 4 is 54.3 Å². The molecule has 0 fully saturated rings. The lowest BCUT2D eigenvalue weighted by molar-refractivity contribution is 0.670. The summed E-state index contributed by atoms with van der Waals surface area (Å²) in [6, 6.07) is 56.7. The van der Waals surface area contributed by atoms with Gasteiger partial charge in [-0.1, -0.05) is 176 Å². The highest BCUT2D eigenvalue weighted by Gasteiger charge is 2.19. The Bertz CT molecular complexity index is 2980. The number of furan rings is 1. The maximum absolute atomic E-state index is 9.04. The van der Waals surface area contributed by atoms with Crippen molar-refractivity contribution in [2.24, 2.45) is 0 Å². The van der Waals surface area contributed by atoms with Crippen LogP contribution in [0.25, 0.3) is 98.8 Å². The van der Waals surface area contributed by atoms with Crippen LogP contribution in [0, 0.1) is 0 Å². The molecule has 10 aromatic rings. The van der Waals surface area contributed by atoms with Gasteiger partial charge in [0.25, 0.3) is 0 Å². The van der Waals surface area contributed by atoms with E-state index in [1.165, 1.54) is 33.0 Å². The fourth-order valence-corrected chi connectivity index (χ4v) is 7.68. The molecule has 0 saturated carbocycles. The van der Waals surface area contributed by atoms with Gasteiger partial charge in [-0.2, -0.15) is 0 Å². The van der Waals surface area contributed by atoms with Crippen LogP contribution in [0.15, 0.2) is 186 Å². The van der Waals surface area contributed by atoms with Gasteiger partial charge >= 0.3 is 0 Å². The molecular formula is C48H30O. The Kier molecular flexibility index (Phi) is 5.58. The second kappa shape index (κ2) is 11.1. The third-order valence-electron chi connectivity index (χ3n) is 9.86. The minimum atomic E-state index is -0.106. The van der Waals surface area contributed by atoms with E-state index in [9.17, 15) is 0 Å². The molecule has 0 aliphatic carbocycles. The van der Waals surface area contributed by atoms with E-state index < -0.39 is 0 Å². The Labute approximate surface area is 288 Å². The van der Waals surface area contributed by atoms with Gasteiger partial charge in [-0.15, -0.1) is 0 Å². The van der Waals surface area contributed by atoms with Crippen LogP contribution in [0.3, 0.4) is 0 Å². The van der Waals surface area contributed by atoms with Gasteiger partial charge in [0.15, 0.2) is 0 Å². The SMILES string of the molecule is [2H]c1c([2H])c([2H])c2c(oc3ccc4ccccc4c32)c1-c1ccc(-c2c3ccccc3c(-c3ccccc3-c3ccccc3)c3ccccc23)cc1. The second-order valence-corrected chi connectivity index (χ2v) is 12.5. The fraction of sp³-hybridized carbons (Fsp3) is 0. The Morgan fingerprint density at radius 1 is 0.367 bits per heavy atom. The highest BCUT2D eigenvalue weighted by Crippen LogP contribution is 2.46. The monoisotopic (exact) mass is 625 g/mol. The van der Waals surface area contributed by atoms with Crippen molar-refractivity contribution in [3.05, 3.63) is 182 Å². The molecule has 0 amide bonds. The largest absolute Gasteiger partial charge is 0.455 e. The van der Waals surface area contributed by atoms with Gasteiger partial charge in [0.1, 0.15) is 11.2 Å². The third kappa shape index (κ3) is 4.33. The number of hydrogen-bond acceptors (Lipinski definition) is 1. The highest BCUT2D eigenvalue weighted by molar-refractivity contribution is 6.23. The molecule has 1 heterocycles. The van der Waals surface area contributed by atoms with E-state index in [1.807, 2.05) is 48.5 Å². The van der Waals surface area contributed by atoms with E-state index in [4.69, 9.17) is 8.53 Å². The summed E-state index contributed by atoms with van der Waals surface area (Å²) in [5, 5.41) is 8.08. The zero-order chi connectivity index (χ0) is 34.9. The molecule has 0 radical (unpaired) electrons. The molecule has 0 bridgehead atoms. The Morgan fingerprint density at radius 2 is 0.918 bits per heavy atom. The van der Waals surface area contributed by atoms with E-state index in [2.05, 4.69) is 115 Å². The fourth-order valence-electron chi connectivity index (χ4n) is 7.68. The summed E-state index contributed by atoms with van der Waals surface area (Å²) >= 11 is 0. The minimum absolute atomic E-state index is 0.00838. The maximum Gasteiger partial charge on any atom is 0.143 e. The van der Waals surface area contributed by atoms with Crippen LogP contribution in [0.5, 0.6) is 0 Å². The number of benzene rings is 9. The second-order valence-electron chi connectivity index (χ2n) is 12.5. The number of rotatable bonds is 4. The predicted molar refractivity (Wildman–Crippen MR) is 208 cm³/mol. The standard InChI is InChI=1S/C48H30O/c1-2-13-31(14-3-1)35-16-6-7-18-38(35)46-41-21-10-8-19-39(41)45(40-20-9-11-22-42(40)46)34-27-25-33(26-28-34)37-23-12-24-43-47-36-17-5-4-15-32(36)29-30-44(47)49-48(37)43/h1-30H/i12D,23D,24D. The summed E-state index contributed by atoms with van der Waals surface area (Å²) in [5.74, 6) is 0. The molecule has 10 rings (SSSR count). The van der Waals surface area contributed by atoms with Crippen LogP contribution >= 0.6 is 0 Å². The molecule has 0 atom stereocenters. The van der Waals surface area contributed by atoms with Crippen LogP contribution in [0.4, 0.5) is 0 Å². The first kappa shape index (κ1) is 24.7. The molecule has 228 valence electrons. The molecule has 9 aromatic carbocycles. The van der Waals surface area contributed by atoms with E-state index >= 15 is 0 Å². The molecule has 0 aliphatic heterocycles. The van der Waals surface area contributed by atoms with Crippen LogP contribution < -0.4 is 0 Å². The van der Waals surface area contributed by atoms with Crippen molar-refractivity contribution in [1.82, 2.24) is 0 Å². The summed E-state index contributed by atoms with van der Waals surface area (Å²) in [7, 11) is 0. The quantitative estimate of drug-likeness (QED) is 0.177. The first-order valence-corrected chi connectivity index (χ1v) is 16.6. The van der Waals surface area contributed by atoms with Crippen molar-refractivity contribution < 1.29 is 8.53 Å². The van der Waals surface area contributed by atoms with Crippen LogP contribution in [-0.4, -0.2) is 0 Å². The molecule has 0 unspecified atom stereocenters. The topological polar surface area (TPSA) is 13.1 Å². The summed E-state index contributed by atoms with van der Waals surface area (Å²) in [6.07, 6.45) is 0. The molecule has 1 heteroatoms. The molecule has 0 saturated heterocycles. The first-order valence-electron chi connectivity index (χ1n) is 18.1. The lowest BCUT2D eigenvalue weighted by Crippen LogP contribution is -1.92. The molecule has 0 spiro atoms. The Balaban J connectivity index is 1.19. The van der Waals surface area contributed by atoms with Gasteiger partial charge in [0, 0.05) is 16.3 Å². The first-order chi connectivity index (χ1) is 25.6. The maximum atomic E-state index is 9.04. The molecule has 49 heavy (non-hydrogen) atoms. The van der Waals surface area contributed by atoms with E-state index in [0.717, 1.165) is 43.6 Å². The van der Waals surface area contributed by atoms with Crippen molar-refractivity contribution in [1.29, 1.82) is 0 Å². The van der Waals surface area contributed by atoms with E-state index in [0.29, 0.717) is 22.1 Å². The van der Waals surface area contributed by atoms with Crippen molar-refractivity contribution in [2.75, 3.05) is 0 Å². The van der Waals surface area contributed by atoms with E-state index in [-0.39, 0.29) is 18.1 Å². The zero-order valence-electron chi connectivity index (χ0n) is 29.5. The van der Waals surface area contributed by atoms with Gasteiger partial charge in [-0.05, 0) is 77.3 Å². The van der Waals surface area contributed by atoms with Crippen LogP contribution in [-0.2, 0) is 0 Å². The zero-order valence-corrected chi connectivity index (χ0v) is 26.5. The lowest BCUT2D eigenvalue weighted by Gasteiger charge is -2.19. The van der Waals surface area contributed by atoms with Crippen LogP contribution in [0.1, 0.15) is 4.11 Å². The smallest absolute Gasteiger partial charge is 0.143 e. The summed E-state index contributed by atoms with van der Waals surface area (Å²) in [5.41, 5.74) is 9.41. The number of hydrogen-bond donors (Lipinski definition) is 0. The summed E-state index contributed by atoms with van der Waals surface area (Å²) < 4.78 is 33.3. The number of fused-ring (bicyclic) bond motifs is 7. The average molecular weight is 626 g/mol. The summed E-state index contributed by atoms with van der Waals surface area (Å²) in [6.45, 7) is 0. The average Bonchev–Trinajstić information content (AvgIpc) is 3.60.